The summed E-state index contributed by atoms with van der Waals surface area (Å²) in [6.45, 7) is 1.35. The van der Waals surface area contributed by atoms with Crippen LogP contribution in [0.25, 0.3) is 0 Å². The first kappa shape index (κ1) is 15.2. The van der Waals surface area contributed by atoms with Gasteiger partial charge in [0.25, 0.3) is 0 Å². The van der Waals surface area contributed by atoms with E-state index in [1.165, 1.54) is 13.0 Å². The van der Waals surface area contributed by atoms with E-state index < -0.39 is 32.1 Å². The third-order valence-corrected chi connectivity index (χ3v) is 5.58. The zero-order valence-electron chi connectivity index (χ0n) is 10.6. The van der Waals surface area contributed by atoms with Gasteiger partial charge in [0.1, 0.15) is 10.7 Å². The molecule has 1 atom stereocenters. The van der Waals surface area contributed by atoms with Gasteiger partial charge < -0.3 is 5.11 Å². The van der Waals surface area contributed by atoms with E-state index in [0.717, 1.165) is 16.4 Å². The molecule has 1 fully saturated rings. The lowest BCUT2D eigenvalue weighted by atomic mass is 9.90. The maximum absolute atomic E-state index is 13.7. The van der Waals surface area contributed by atoms with Crippen molar-refractivity contribution in [1.29, 1.82) is 0 Å². The number of benzene rings is 1. The van der Waals surface area contributed by atoms with Crippen molar-refractivity contribution >= 4 is 27.6 Å². The Kier molecular flexibility index (Phi) is 3.79. The van der Waals surface area contributed by atoms with Gasteiger partial charge in [-0.2, -0.15) is 4.31 Å². The number of sulfonamides is 1. The molecule has 1 aliphatic heterocycles. The number of hydrogen-bond donors (Lipinski definition) is 1. The Morgan fingerprint density at radius 2 is 2.15 bits per heavy atom. The molecule has 1 aliphatic rings. The molecule has 1 saturated heterocycles. The summed E-state index contributed by atoms with van der Waals surface area (Å²) in [5.74, 6) is -2.01. The van der Waals surface area contributed by atoms with Gasteiger partial charge in [-0.05, 0) is 31.5 Å². The Morgan fingerprint density at radius 3 is 2.65 bits per heavy atom. The summed E-state index contributed by atoms with van der Waals surface area (Å²) in [4.78, 5) is 10.6. The van der Waals surface area contributed by atoms with E-state index in [4.69, 9.17) is 16.7 Å². The van der Waals surface area contributed by atoms with Crippen molar-refractivity contribution in [1.82, 2.24) is 4.31 Å². The Morgan fingerprint density at radius 1 is 1.50 bits per heavy atom. The monoisotopic (exact) mass is 321 g/mol. The van der Waals surface area contributed by atoms with Crippen molar-refractivity contribution in [3.05, 3.63) is 29.0 Å². The van der Waals surface area contributed by atoms with E-state index >= 15 is 0 Å². The van der Waals surface area contributed by atoms with Gasteiger partial charge in [0.15, 0.2) is 0 Å². The van der Waals surface area contributed by atoms with Gasteiger partial charge in [0, 0.05) is 18.1 Å². The third-order valence-electron chi connectivity index (χ3n) is 3.47. The van der Waals surface area contributed by atoms with Crippen LogP contribution in [0.1, 0.15) is 13.3 Å². The first-order valence-electron chi connectivity index (χ1n) is 5.85. The fraction of sp³-hybridized carbons (Fsp3) is 0.417. The van der Waals surface area contributed by atoms with Crippen molar-refractivity contribution in [3.63, 3.8) is 0 Å². The molecular formula is C12H13ClFNO4S. The van der Waals surface area contributed by atoms with Crippen LogP contribution >= 0.6 is 11.6 Å². The average molecular weight is 322 g/mol. The van der Waals surface area contributed by atoms with Gasteiger partial charge in [0.2, 0.25) is 10.0 Å². The van der Waals surface area contributed by atoms with Gasteiger partial charge in [0.05, 0.1) is 5.41 Å². The molecule has 1 N–H and O–H groups in total. The molecule has 1 aromatic carbocycles. The quantitative estimate of drug-likeness (QED) is 0.923. The molecule has 110 valence electrons. The number of carboxylic acids is 1. The molecule has 0 amide bonds. The summed E-state index contributed by atoms with van der Waals surface area (Å²) in [6, 6.07) is 3.29. The molecule has 1 aromatic rings. The number of carbonyl (C=O) groups is 1. The van der Waals surface area contributed by atoms with Crippen LogP contribution in [-0.4, -0.2) is 36.9 Å². The normalized spacial score (nSPS) is 23.9. The predicted octanol–water partition coefficient (Wildman–Crippen LogP) is 1.96. The number of rotatable bonds is 3. The van der Waals surface area contributed by atoms with E-state index in [9.17, 15) is 17.6 Å². The van der Waals surface area contributed by atoms with Crippen LogP contribution in [0, 0.1) is 11.2 Å². The lowest BCUT2D eigenvalue weighted by molar-refractivity contribution is -0.146. The molecule has 0 saturated carbocycles. The van der Waals surface area contributed by atoms with Crippen molar-refractivity contribution in [2.45, 2.75) is 18.2 Å². The fourth-order valence-electron chi connectivity index (χ4n) is 2.12. The van der Waals surface area contributed by atoms with Crippen molar-refractivity contribution in [2.24, 2.45) is 5.41 Å². The summed E-state index contributed by atoms with van der Waals surface area (Å²) >= 11 is 5.59. The SMILES string of the molecule is CC1(C(=O)O)CCN(S(=O)(=O)c2ccc(Cl)cc2F)C1. The fourth-order valence-corrected chi connectivity index (χ4v) is 3.89. The largest absolute Gasteiger partial charge is 0.481 e. The molecule has 20 heavy (non-hydrogen) atoms. The Hall–Kier alpha value is -1.18. The Balaban J connectivity index is 2.35. The number of halogens is 2. The molecule has 8 heteroatoms. The number of aliphatic carboxylic acids is 1. The van der Waals surface area contributed by atoms with E-state index in [-0.39, 0.29) is 24.5 Å². The number of nitrogens with zero attached hydrogens (tertiary/aromatic N) is 1. The molecular weight excluding hydrogens is 309 g/mol. The highest BCUT2D eigenvalue weighted by Crippen LogP contribution is 2.34. The van der Waals surface area contributed by atoms with Gasteiger partial charge in [-0.3, -0.25) is 4.79 Å². The second-order valence-corrected chi connectivity index (χ2v) is 7.37. The first-order chi connectivity index (χ1) is 9.17. The van der Waals surface area contributed by atoms with Crippen molar-refractivity contribution < 1.29 is 22.7 Å². The zero-order valence-corrected chi connectivity index (χ0v) is 12.2. The van der Waals surface area contributed by atoms with Crippen LogP contribution < -0.4 is 0 Å². The van der Waals surface area contributed by atoms with Crippen LogP contribution in [0.15, 0.2) is 23.1 Å². The summed E-state index contributed by atoms with van der Waals surface area (Å²) in [5, 5.41) is 9.20. The highest BCUT2D eigenvalue weighted by atomic mass is 35.5. The lowest BCUT2D eigenvalue weighted by Crippen LogP contribution is -2.35. The van der Waals surface area contributed by atoms with Crippen LogP contribution in [0.2, 0.25) is 5.02 Å². The second kappa shape index (κ2) is 4.98. The van der Waals surface area contributed by atoms with Gasteiger partial charge in [-0.15, -0.1) is 0 Å². The van der Waals surface area contributed by atoms with Gasteiger partial charge in [-0.25, -0.2) is 12.8 Å². The Bertz CT molecular complexity index is 663. The van der Waals surface area contributed by atoms with E-state index in [1.54, 1.807) is 0 Å². The molecule has 0 aromatic heterocycles. The molecule has 1 heterocycles. The highest BCUT2D eigenvalue weighted by molar-refractivity contribution is 7.89. The third kappa shape index (κ3) is 2.53. The average Bonchev–Trinajstić information content (AvgIpc) is 2.73. The molecule has 0 bridgehead atoms. The maximum atomic E-state index is 13.7. The number of carboxylic acid groups (broad SMARTS) is 1. The van der Waals surface area contributed by atoms with Crippen LogP contribution in [0.5, 0.6) is 0 Å². The molecule has 5 nitrogen and oxygen atoms in total. The first-order valence-corrected chi connectivity index (χ1v) is 7.67. The summed E-state index contributed by atoms with van der Waals surface area (Å²) < 4.78 is 39.4. The van der Waals surface area contributed by atoms with Crippen LogP contribution in [-0.2, 0) is 14.8 Å². The topological polar surface area (TPSA) is 74.7 Å². The van der Waals surface area contributed by atoms with Gasteiger partial charge in [-0.1, -0.05) is 11.6 Å². The minimum absolute atomic E-state index is 0.0488. The number of hydrogen-bond acceptors (Lipinski definition) is 3. The van der Waals surface area contributed by atoms with Crippen LogP contribution in [0.3, 0.4) is 0 Å². The minimum atomic E-state index is -4.05. The predicted molar refractivity (Wildman–Crippen MR) is 70.5 cm³/mol. The molecule has 0 spiro atoms. The van der Waals surface area contributed by atoms with E-state index in [1.807, 2.05) is 0 Å². The molecule has 1 unspecified atom stereocenters. The van der Waals surface area contributed by atoms with E-state index in [2.05, 4.69) is 0 Å². The molecule has 0 aliphatic carbocycles. The summed E-state index contributed by atoms with van der Waals surface area (Å²) in [5.41, 5.74) is -1.14. The smallest absolute Gasteiger partial charge is 0.310 e. The van der Waals surface area contributed by atoms with Crippen LogP contribution in [0.4, 0.5) is 4.39 Å². The van der Waals surface area contributed by atoms with Gasteiger partial charge >= 0.3 is 5.97 Å². The molecule has 2 rings (SSSR count). The zero-order chi connectivity index (χ0) is 15.1. The standard InChI is InChI=1S/C12H13ClFNO4S/c1-12(11(16)17)4-5-15(7-12)20(18,19)10-3-2-8(13)6-9(10)14/h2-3,6H,4-5,7H2,1H3,(H,16,17). The minimum Gasteiger partial charge on any atom is -0.481 e. The van der Waals surface area contributed by atoms with Crippen molar-refractivity contribution in [2.75, 3.05) is 13.1 Å². The Labute approximate surface area is 121 Å². The highest BCUT2D eigenvalue weighted by Gasteiger charge is 2.45. The van der Waals surface area contributed by atoms with Crippen molar-refractivity contribution in [3.8, 4) is 0 Å². The summed E-state index contributed by atoms with van der Waals surface area (Å²) in [7, 11) is -4.05. The van der Waals surface area contributed by atoms with E-state index in [0.29, 0.717) is 0 Å². The maximum Gasteiger partial charge on any atom is 0.310 e. The molecule has 0 radical (unpaired) electrons. The second-order valence-electron chi connectivity index (χ2n) is 5.03. The lowest BCUT2D eigenvalue weighted by Gasteiger charge is -2.20. The summed E-state index contributed by atoms with van der Waals surface area (Å²) in [6.07, 6.45) is 0.191.